The van der Waals surface area contributed by atoms with Gasteiger partial charge in [-0.2, -0.15) is 0 Å². The van der Waals surface area contributed by atoms with Gasteiger partial charge in [0.1, 0.15) is 5.82 Å². The molecule has 0 aromatic heterocycles. The molecule has 3 rings (SSSR count). The first-order valence-corrected chi connectivity index (χ1v) is 9.35. The first-order valence-electron chi connectivity index (χ1n) is 9.35. The van der Waals surface area contributed by atoms with Crippen LogP contribution in [0.3, 0.4) is 0 Å². The van der Waals surface area contributed by atoms with E-state index >= 15 is 0 Å². The van der Waals surface area contributed by atoms with Gasteiger partial charge in [-0.3, -0.25) is 9.69 Å². The van der Waals surface area contributed by atoms with Gasteiger partial charge in [0.25, 0.3) is 0 Å². The lowest BCUT2D eigenvalue weighted by Gasteiger charge is -2.21. The molecule has 138 valence electrons. The van der Waals surface area contributed by atoms with Crippen molar-refractivity contribution in [2.45, 2.75) is 45.2 Å². The van der Waals surface area contributed by atoms with Gasteiger partial charge in [0.05, 0.1) is 5.92 Å². The van der Waals surface area contributed by atoms with Crippen LogP contribution in [0, 0.1) is 5.82 Å². The topological polar surface area (TPSA) is 32.3 Å². The normalized spacial score (nSPS) is 18.9. The number of hydrogen-bond acceptors (Lipinski definition) is 2. The molecule has 1 aliphatic rings. The Morgan fingerprint density at radius 1 is 1.12 bits per heavy atom. The number of halogens is 1. The molecule has 0 spiro atoms. The average Bonchev–Trinajstić information content (AvgIpc) is 3.10. The molecule has 3 nitrogen and oxygen atoms in total. The Morgan fingerprint density at radius 2 is 1.85 bits per heavy atom. The van der Waals surface area contributed by atoms with Crippen LogP contribution in [0.1, 0.15) is 38.7 Å². The molecule has 2 aromatic carbocycles. The van der Waals surface area contributed by atoms with Crippen molar-refractivity contribution in [3.05, 3.63) is 59.9 Å². The lowest BCUT2D eigenvalue weighted by atomic mass is 9.96. The van der Waals surface area contributed by atoms with Gasteiger partial charge in [0, 0.05) is 25.2 Å². The second-order valence-electron chi connectivity index (χ2n) is 7.41. The Morgan fingerprint density at radius 3 is 2.46 bits per heavy atom. The molecule has 1 saturated heterocycles. The Balaban J connectivity index is 1.67. The van der Waals surface area contributed by atoms with E-state index in [9.17, 15) is 9.18 Å². The Kier molecular flexibility index (Phi) is 5.72. The molecule has 2 atom stereocenters. The van der Waals surface area contributed by atoms with E-state index < -0.39 is 5.92 Å². The number of carbonyl (C=O) groups is 1. The molecule has 2 aromatic rings. The zero-order valence-electron chi connectivity index (χ0n) is 15.7. The highest BCUT2D eigenvalue weighted by Gasteiger charge is 2.28. The summed E-state index contributed by atoms with van der Waals surface area (Å²) >= 11 is 0. The van der Waals surface area contributed by atoms with Gasteiger partial charge >= 0.3 is 0 Å². The third-order valence-electron chi connectivity index (χ3n) is 5.26. The first-order chi connectivity index (χ1) is 12.5. The van der Waals surface area contributed by atoms with Gasteiger partial charge in [-0.05, 0) is 49.9 Å². The molecule has 26 heavy (non-hydrogen) atoms. The third-order valence-corrected chi connectivity index (χ3v) is 5.26. The van der Waals surface area contributed by atoms with E-state index in [1.807, 2.05) is 36.4 Å². The van der Waals surface area contributed by atoms with Gasteiger partial charge in [-0.1, -0.05) is 42.5 Å². The lowest BCUT2D eigenvalue weighted by molar-refractivity contribution is -0.122. The van der Waals surface area contributed by atoms with Crippen LogP contribution >= 0.6 is 0 Å². The van der Waals surface area contributed by atoms with Crippen LogP contribution < -0.4 is 5.32 Å². The number of nitrogens with one attached hydrogen (secondary N) is 1. The molecule has 1 N–H and O–H groups in total. The fourth-order valence-corrected chi connectivity index (χ4v) is 3.53. The van der Waals surface area contributed by atoms with E-state index in [2.05, 4.69) is 24.1 Å². The molecule has 0 aliphatic carbocycles. The van der Waals surface area contributed by atoms with E-state index in [-0.39, 0.29) is 17.8 Å². The fraction of sp³-hybridized carbons (Fsp3) is 0.409. The maximum absolute atomic E-state index is 14.6. The summed E-state index contributed by atoms with van der Waals surface area (Å²) in [6.07, 6.45) is 0.950. The Bertz CT molecular complexity index is 760. The number of amides is 1. The predicted octanol–water partition coefficient (Wildman–Crippen LogP) is 4.20. The van der Waals surface area contributed by atoms with E-state index in [1.165, 1.54) is 6.07 Å². The minimum atomic E-state index is -0.507. The van der Waals surface area contributed by atoms with E-state index in [0.717, 1.165) is 30.6 Å². The smallest absolute Gasteiger partial charge is 0.227 e. The highest BCUT2D eigenvalue weighted by Crippen LogP contribution is 2.26. The van der Waals surface area contributed by atoms with Crippen LogP contribution in [-0.4, -0.2) is 36.0 Å². The van der Waals surface area contributed by atoms with Crippen molar-refractivity contribution >= 4 is 5.91 Å². The Hall–Kier alpha value is -2.20. The van der Waals surface area contributed by atoms with Gasteiger partial charge in [0.15, 0.2) is 0 Å². The molecule has 1 amide bonds. The second kappa shape index (κ2) is 8.00. The zero-order chi connectivity index (χ0) is 18.7. The molecule has 1 fully saturated rings. The molecular weight excluding hydrogens is 327 g/mol. The monoisotopic (exact) mass is 354 g/mol. The number of hydrogen-bond donors (Lipinski definition) is 1. The zero-order valence-corrected chi connectivity index (χ0v) is 15.7. The van der Waals surface area contributed by atoms with E-state index in [1.54, 1.807) is 13.0 Å². The fourth-order valence-electron chi connectivity index (χ4n) is 3.53. The van der Waals surface area contributed by atoms with Crippen LogP contribution in [0.25, 0.3) is 11.1 Å². The van der Waals surface area contributed by atoms with Crippen LogP contribution in [0.15, 0.2) is 48.5 Å². The molecule has 1 aliphatic heterocycles. The summed E-state index contributed by atoms with van der Waals surface area (Å²) in [4.78, 5) is 14.9. The van der Waals surface area contributed by atoms with E-state index in [0.29, 0.717) is 11.6 Å². The SMILES string of the molecule is CC(C(=O)NC1CCN(C(C)C)C1)c1ccc(-c2ccccc2)cc1F. The van der Waals surface area contributed by atoms with Crippen molar-refractivity contribution in [1.82, 2.24) is 10.2 Å². The van der Waals surface area contributed by atoms with Crippen LogP contribution in [0.5, 0.6) is 0 Å². The summed E-state index contributed by atoms with van der Waals surface area (Å²) in [6, 6.07) is 15.5. The van der Waals surface area contributed by atoms with Crippen molar-refractivity contribution in [3.8, 4) is 11.1 Å². The highest BCUT2D eigenvalue weighted by molar-refractivity contribution is 5.83. The van der Waals surface area contributed by atoms with Crippen molar-refractivity contribution in [3.63, 3.8) is 0 Å². The van der Waals surface area contributed by atoms with Gasteiger partial charge < -0.3 is 5.32 Å². The Labute approximate surface area is 155 Å². The van der Waals surface area contributed by atoms with Gasteiger partial charge in [-0.15, -0.1) is 0 Å². The molecule has 4 heteroatoms. The standard InChI is InChI=1S/C22H27FN2O/c1-15(2)25-12-11-19(14-25)24-22(26)16(3)20-10-9-18(13-21(20)23)17-7-5-4-6-8-17/h4-10,13,15-16,19H,11-12,14H2,1-3H3,(H,24,26). The summed E-state index contributed by atoms with van der Waals surface area (Å²) in [5.41, 5.74) is 2.23. The van der Waals surface area contributed by atoms with Crippen molar-refractivity contribution in [2.24, 2.45) is 0 Å². The summed E-state index contributed by atoms with van der Waals surface area (Å²) < 4.78 is 14.6. The number of nitrogens with zero attached hydrogens (tertiary/aromatic N) is 1. The molecule has 0 bridgehead atoms. The summed E-state index contributed by atoms with van der Waals surface area (Å²) in [5, 5.41) is 3.09. The van der Waals surface area contributed by atoms with Crippen LogP contribution in [-0.2, 0) is 4.79 Å². The lowest BCUT2D eigenvalue weighted by Crippen LogP contribution is -2.40. The summed E-state index contributed by atoms with van der Waals surface area (Å²) in [7, 11) is 0. The number of benzene rings is 2. The number of likely N-dealkylation sites (tertiary alicyclic amines) is 1. The molecule has 2 unspecified atom stereocenters. The van der Waals surface area contributed by atoms with Crippen molar-refractivity contribution in [2.75, 3.05) is 13.1 Å². The number of carbonyl (C=O) groups excluding carboxylic acids is 1. The quantitative estimate of drug-likeness (QED) is 0.873. The molecule has 0 saturated carbocycles. The highest BCUT2D eigenvalue weighted by atomic mass is 19.1. The van der Waals surface area contributed by atoms with Crippen molar-refractivity contribution in [1.29, 1.82) is 0 Å². The molecule has 1 heterocycles. The maximum Gasteiger partial charge on any atom is 0.227 e. The minimum Gasteiger partial charge on any atom is -0.352 e. The third kappa shape index (κ3) is 4.13. The van der Waals surface area contributed by atoms with Crippen LogP contribution in [0.2, 0.25) is 0 Å². The van der Waals surface area contributed by atoms with Crippen molar-refractivity contribution < 1.29 is 9.18 Å². The van der Waals surface area contributed by atoms with E-state index in [4.69, 9.17) is 0 Å². The average molecular weight is 354 g/mol. The molecule has 0 radical (unpaired) electrons. The summed E-state index contributed by atoms with van der Waals surface area (Å²) in [6.45, 7) is 7.96. The number of rotatable bonds is 5. The van der Waals surface area contributed by atoms with Gasteiger partial charge in [0.2, 0.25) is 5.91 Å². The second-order valence-corrected chi connectivity index (χ2v) is 7.41. The first kappa shape index (κ1) is 18.6. The van der Waals surface area contributed by atoms with Gasteiger partial charge in [-0.25, -0.2) is 4.39 Å². The predicted molar refractivity (Wildman–Crippen MR) is 104 cm³/mol. The summed E-state index contributed by atoms with van der Waals surface area (Å²) in [5.74, 6) is -0.941. The minimum absolute atomic E-state index is 0.105. The maximum atomic E-state index is 14.6. The van der Waals surface area contributed by atoms with Crippen LogP contribution in [0.4, 0.5) is 4.39 Å². The molecular formula is C22H27FN2O. The largest absolute Gasteiger partial charge is 0.352 e.